The number of nitrogens with one attached hydrogen (secondary N) is 1. The molecule has 25 heavy (non-hydrogen) atoms. The predicted molar refractivity (Wildman–Crippen MR) is 96.2 cm³/mol. The van der Waals surface area contributed by atoms with Crippen LogP contribution in [0.15, 0.2) is 48.5 Å². The molecule has 0 spiro atoms. The average Bonchev–Trinajstić information content (AvgIpc) is 2.53. The minimum Gasteiger partial charge on any atom is -0.352 e. The third-order valence-corrected chi connectivity index (χ3v) is 4.83. The summed E-state index contributed by atoms with van der Waals surface area (Å²) in [6, 6.07) is 12.9. The standard InChI is InChI=1S/C18H21FN2O3S/c1-14-4-3-5-17(12-14)21(25(2,23)24)11-10-18(22)20-13-15-6-8-16(19)9-7-15/h3-9,12H,10-11,13H2,1-2H3,(H,20,22). The number of benzene rings is 2. The summed E-state index contributed by atoms with van der Waals surface area (Å²) in [5.74, 6) is -0.609. The number of hydrogen-bond donors (Lipinski definition) is 1. The van der Waals surface area contributed by atoms with Crippen LogP contribution >= 0.6 is 0 Å². The zero-order chi connectivity index (χ0) is 18.4. The highest BCUT2D eigenvalue weighted by molar-refractivity contribution is 7.92. The quantitative estimate of drug-likeness (QED) is 0.821. The normalized spacial score (nSPS) is 11.2. The summed E-state index contributed by atoms with van der Waals surface area (Å²) in [7, 11) is -3.49. The summed E-state index contributed by atoms with van der Waals surface area (Å²) in [6.07, 6.45) is 1.15. The number of rotatable bonds is 7. The van der Waals surface area contributed by atoms with Crippen molar-refractivity contribution in [3.05, 3.63) is 65.5 Å². The Morgan fingerprint density at radius 1 is 1.16 bits per heavy atom. The number of carbonyl (C=O) groups is 1. The number of amides is 1. The van der Waals surface area contributed by atoms with Gasteiger partial charge in [-0.1, -0.05) is 24.3 Å². The SMILES string of the molecule is Cc1cccc(N(CCC(=O)NCc2ccc(F)cc2)S(C)(=O)=O)c1. The molecule has 0 aliphatic rings. The maximum Gasteiger partial charge on any atom is 0.232 e. The van der Waals surface area contributed by atoms with Crippen LogP contribution in [0.2, 0.25) is 0 Å². The summed E-state index contributed by atoms with van der Waals surface area (Å²) < 4.78 is 38.1. The molecule has 5 nitrogen and oxygen atoms in total. The molecule has 0 atom stereocenters. The van der Waals surface area contributed by atoms with E-state index in [9.17, 15) is 17.6 Å². The Kier molecular flexibility index (Phi) is 6.14. The molecule has 0 saturated carbocycles. The van der Waals surface area contributed by atoms with Gasteiger partial charge in [0.15, 0.2) is 0 Å². The van der Waals surface area contributed by atoms with Crippen molar-refractivity contribution >= 4 is 21.6 Å². The molecule has 0 aliphatic carbocycles. The summed E-state index contributed by atoms with van der Waals surface area (Å²) in [4.78, 5) is 12.0. The second-order valence-electron chi connectivity index (χ2n) is 5.83. The van der Waals surface area contributed by atoms with Crippen molar-refractivity contribution in [1.82, 2.24) is 5.32 Å². The van der Waals surface area contributed by atoms with Gasteiger partial charge in [-0.25, -0.2) is 12.8 Å². The zero-order valence-electron chi connectivity index (χ0n) is 14.2. The van der Waals surface area contributed by atoms with Crippen LogP contribution in [-0.4, -0.2) is 27.1 Å². The molecule has 7 heteroatoms. The smallest absolute Gasteiger partial charge is 0.232 e. The van der Waals surface area contributed by atoms with Gasteiger partial charge in [-0.3, -0.25) is 9.10 Å². The fourth-order valence-electron chi connectivity index (χ4n) is 2.36. The molecule has 0 unspecified atom stereocenters. The Hall–Kier alpha value is -2.41. The molecule has 0 fully saturated rings. The van der Waals surface area contributed by atoms with E-state index in [-0.39, 0.29) is 31.2 Å². The minimum absolute atomic E-state index is 0.0300. The second-order valence-corrected chi connectivity index (χ2v) is 7.73. The van der Waals surface area contributed by atoms with Crippen LogP contribution in [-0.2, 0) is 21.4 Å². The topological polar surface area (TPSA) is 66.5 Å². The highest BCUT2D eigenvalue weighted by Crippen LogP contribution is 2.19. The molecule has 0 aliphatic heterocycles. The van der Waals surface area contributed by atoms with E-state index in [1.807, 2.05) is 13.0 Å². The molecular weight excluding hydrogens is 343 g/mol. The van der Waals surface area contributed by atoms with Gasteiger partial charge >= 0.3 is 0 Å². The van der Waals surface area contributed by atoms with Crippen LogP contribution in [0.3, 0.4) is 0 Å². The number of nitrogens with zero attached hydrogens (tertiary/aromatic N) is 1. The molecule has 2 rings (SSSR count). The van der Waals surface area contributed by atoms with Crippen LogP contribution < -0.4 is 9.62 Å². The first-order valence-electron chi connectivity index (χ1n) is 7.81. The third-order valence-electron chi connectivity index (χ3n) is 3.63. The summed E-state index contributed by atoms with van der Waals surface area (Å²) >= 11 is 0. The fraction of sp³-hybridized carbons (Fsp3) is 0.278. The molecule has 0 heterocycles. The van der Waals surface area contributed by atoms with Crippen molar-refractivity contribution in [3.8, 4) is 0 Å². The molecule has 1 N–H and O–H groups in total. The fourth-order valence-corrected chi connectivity index (χ4v) is 3.28. The van der Waals surface area contributed by atoms with Crippen LogP contribution in [0.1, 0.15) is 17.5 Å². The number of sulfonamides is 1. The number of anilines is 1. The Morgan fingerprint density at radius 2 is 1.84 bits per heavy atom. The van der Waals surface area contributed by atoms with E-state index in [1.165, 1.54) is 16.4 Å². The third kappa shape index (κ3) is 5.86. The Morgan fingerprint density at radius 3 is 2.44 bits per heavy atom. The van der Waals surface area contributed by atoms with E-state index in [4.69, 9.17) is 0 Å². The van der Waals surface area contributed by atoms with E-state index in [0.29, 0.717) is 5.69 Å². The van der Waals surface area contributed by atoms with Crippen molar-refractivity contribution in [3.63, 3.8) is 0 Å². The predicted octanol–water partition coefficient (Wildman–Crippen LogP) is 2.61. The lowest BCUT2D eigenvalue weighted by molar-refractivity contribution is -0.121. The summed E-state index contributed by atoms with van der Waals surface area (Å²) in [5, 5.41) is 2.71. The van der Waals surface area contributed by atoms with Gasteiger partial charge in [-0.15, -0.1) is 0 Å². The van der Waals surface area contributed by atoms with Gasteiger partial charge in [-0.05, 0) is 42.3 Å². The van der Waals surface area contributed by atoms with Crippen molar-refractivity contribution in [2.75, 3.05) is 17.1 Å². The van der Waals surface area contributed by atoms with Gasteiger partial charge < -0.3 is 5.32 Å². The molecule has 2 aromatic rings. The van der Waals surface area contributed by atoms with Crippen LogP contribution in [0, 0.1) is 12.7 Å². The molecule has 0 radical (unpaired) electrons. The van der Waals surface area contributed by atoms with Crippen LogP contribution in [0.25, 0.3) is 0 Å². The van der Waals surface area contributed by atoms with Crippen molar-refractivity contribution in [2.45, 2.75) is 19.9 Å². The van der Waals surface area contributed by atoms with E-state index in [1.54, 1.807) is 30.3 Å². The largest absolute Gasteiger partial charge is 0.352 e. The first-order chi connectivity index (χ1) is 11.8. The Labute approximate surface area is 147 Å². The van der Waals surface area contributed by atoms with Gasteiger partial charge in [0.05, 0.1) is 11.9 Å². The average molecular weight is 364 g/mol. The van der Waals surface area contributed by atoms with Crippen LogP contribution in [0.5, 0.6) is 0 Å². The maximum atomic E-state index is 12.8. The van der Waals surface area contributed by atoms with Gasteiger partial charge in [0.2, 0.25) is 15.9 Å². The second kappa shape index (κ2) is 8.11. The monoisotopic (exact) mass is 364 g/mol. The number of carbonyl (C=O) groups excluding carboxylic acids is 1. The Balaban J connectivity index is 1.96. The van der Waals surface area contributed by atoms with Crippen molar-refractivity contribution in [2.24, 2.45) is 0 Å². The first kappa shape index (κ1) is 18.9. The molecule has 134 valence electrons. The van der Waals surface area contributed by atoms with Crippen molar-refractivity contribution in [1.29, 1.82) is 0 Å². The maximum absolute atomic E-state index is 12.8. The molecule has 2 aromatic carbocycles. The molecule has 1 amide bonds. The lowest BCUT2D eigenvalue weighted by atomic mass is 10.2. The van der Waals surface area contributed by atoms with E-state index < -0.39 is 10.0 Å². The van der Waals surface area contributed by atoms with Gasteiger partial charge in [-0.2, -0.15) is 0 Å². The van der Waals surface area contributed by atoms with E-state index in [2.05, 4.69) is 5.32 Å². The highest BCUT2D eigenvalue weighted by Gasteiger charge is 2.18. The summed E-state index contributed by atoms with van der Waals surface area (Å²) in [6.45, 7) is 2.19. The molecule has 0 aromatic heterocycles. The first-order valence-corrected chi connectivity index (χ1v) is 9.66. The highest BCUT2D eigenvalue weighted by atomic mass is 32.2. The summed E-state index contributed by atoms with van der Waals surface area (Å²) in [5.41, 5.74) is 2.24. The zero-order valence-corrected chi connectivity index (χ0v) is 15.0. The minimum atomic E-state index is -3.49. The van der Waals surface area contributed by atoms with Gasteiger partial charge in [0, 0.05) is 19.5 Å². The van der Waals surface area contributed by atoms with E-state index >= 15 is 0 Å². The Bertz CT molecular complexity index is 836. The van der Waals surface area contributed by atoms with Crippen molar-refractivity contribution < 1.29 is 17.6 Å². The number of aryl methyl sites for hydroxylation is 1. The van der Waals surface area contributed by atoms with E-state index in [0.717, 1.165) is 17.4 Å². The van der Waals surface area contributed by atoms with Crippen LogP contribution in [0.4, 0.5) is 10.1 Å². The van der Waals surface area contributed by atoms with Gasteiger partial charge in [0.25, 0.3) is 0 Å². The number of hydrogen-bond acceptors (Lipinski definition) is 3. The lowest BCUT2D eigenvalue weighted by Crippen LogP contribution is -2.34. The number of halogens is 1. The molecule has 0 saturated heterocycles. The molecule has 0 bridgehead atoms. The lowest BCUT2D eigenvalue weighted by Gasteiger charge is -2.22. The van der Waals surface area contributed by atoms with Gasteiger partial charge in [0.1, 0.15) is 5.82 Å². The molecular formula is C18H21FN2O3S.